The van der Waals surface area contributed by atoms with Crippen molar-refractivity contribution in [2.24, 2.45) is 0 Å². The monoisotopic (exact) mass is 374 g/mol. The van der Waals surface area contributed by atoms with Crippen molar-refractivity contribution >= 4 is 22.6 Å². The number of hydrogen-bond donors (Lipinski definition) is 1. The van der Waals surface area contributed by atoms with Gasteiger partial charge in [-0.3, -0.25) is 14.2 Å². The molecule has 0 atom stereocenters. The number of aryl methyl sites for hydroxylation is 1. The summed E-state index contributed by atoms with van der Waals surface area (Å²) in [6, 6.07) is 15.5. The van der Waals surface area contributed by atoms with Gasteiger partial charge in [-0.15, -0.1) is 0 Å². The van der Waals surface area contributed by atoms with Crippen LogP contribution in [0.3, 0.4) is 0 Å². The fourth-order valence-electron chi connectivity index (χ4n) is 2.96. The predicted molar refractivity (Wildman–Crippen MR) is 104 cm³/mol. The first-order chi connectivity index (χ1) is 13.5. The number of fused-ring (bicyclic) bond motifs is 1. The van der Waals surface area contributed by atoms with Crippen molar-refractivity contribution in [3.8, 4) is 5.69 Å². The number of benzene rings is 2. The van der Waals surface area contributed by atoms with Gasteiger partial charge in [0.05, 0.1) is 11.1 Å². The number of carbonyl (C=O) groups is 1. The smallest absolute Gasteiger partial charge is 0.267 e. The third-order valence-electron chi connectivity index (χ3n) is 4.28. The Hall–Kier alpha value is -3.87. The number of pyridine rings is 1. The molecule has 0 radical (unpaired) electrons. The summed E-state index contributed by atoms with van der Waals surface area (Å²) in [5.41, 5.74) is 1.56. The van der Waals surface area contributed by atoms with Crippen LogP contribution < -0.4 is 10.9 Å². The summed E-state index contributed by atoms with van der Waals surface area (Å²) in [6.07, 6.45) is 1.59. The van der Waals surface area contributed by atoms with Crippen LogP contribution >= 0.6 is 0 Å². The molecular formula is C21H15FN4O2. The van der Waals surface area contributed by atoms with E-state index in [1.54, 1.807) is 49.5 Å². The zero-order chi connectivity index (χ0) is 19.7. The summed E-state index contributed by atoms with van der Waals surface area (Å²) in [7, 11) is 0. The van der Waals surface area contributed by atoms with E-state index in [0.29, 0.717) is 33.8 Å². The van der Waals surface area contributed by atoms with Gasteiger partial charge in [-0.05, 0) is 61.5 Å². The molecule has 0 bridgehead atoms. The van der Waals surface area contributed by atoms with E-state index >= 15 is 0 Å². The van der Waals surface area contributed by atoms with Crippen molar-refractivity contribution in [3.63, 3.8) is 0 Å². The minimum atomic E-state index is -0.410. The first kappa shape index (κ1) is 17.5. The third kappa shape index (κ3) is 3.25. The van der Waals surface area contributed by atoms with Gasteiger partial charge in [-0.1, -0.05) is 6.07 Å². The Bertz CT molecular complexity index is 1250. The molecule has 0 aliphatic carbocycles. The van der Waals surface area contributed by atoms with Crippen LogP contribution in [0, 0.1) is 12.7 Å². The maximum atomic E-state index is 13.0. The number of nitrogens with zero attached hydrogens (tertiary/aromatic N) is 3. The van der Waals surface area contributed by atoms with Crippen LogP contribution in [0.15, 0.2) is 71.7 Å². The van der Waals surface area contributed by atoms with Gasteiger partial charge in [-0.25, -0.2) is 14.4 Å². The van der Waals surface area contributed by atoms with E-state index < -0.39 is 5.82 Å². The number of halogens is 1. The molecule has 4 aromatic rings. The molecule has 2 aromatic heterocycles. The maximum Gasteiger partial charge on any atom is 0.267 e. The van der Waals surface area contributed by atoms with Gasteiger partial charge in [-0.2, -0.15) is 0 Å². The summed E-state index contributed by atoms with van der Waals surface area (Å²) in [6.45, 7) is 1.72. The molecule has 0 aliphatic heterocycles. The topological polar surface area (TPSA) is 76.9 Å². The van der Waals surface area contributed by atoms with E-state index in [2.05, 4.69) is 15.3 Å². The molecule has 1 N–H and O–H groups in total. The third-order valence-corrected chi connectivity index (χ3v) is 4.28. The summed E-state index contributed by atoms with van der Waals surface area (Å²) in [5, 5.41) is 3.17. The lowest BCUT2D eigenvalue weighted by atomic mass is 10.2. The standard InChI is InChI=1S/C21H15FN4O2/c1-13-24-19-18(6-3-11-23-19)21(28)26(13)17-5-2-4-16(12-17)25-20(27)14-7-9-15(22)10-8-14/h2-12H,1H3,(H,25,27). The van der Waals surface area contributed by atoms with Crippen LogP contribution in [0.4, 0.5) is 10.1 Å². The van der Waals surface area contributed by atoms with E-state index in [1.165, 1.54) is 28.8 Å². The van der Waals surface area contributed by atoms with Crippen LogP contribution in [-0.2, 0) is 0 Å². The van der Waals surface area contributed by atoms with Gasteiger partial charge in [0.15, 0.2) is 5.65 Å². The lowest BCUT2D eigenvalue weighted by Crippen LogP contribution is -2.22. The van der Waals surface area contributed by atoms with Crippen LogP contribution in [0.2, 0.25) is 0 Å². The second-order valence-corrected chi connectivity index (χ2v) is 6.19. The van der Waals surface area contributed by atoms with Crippen molar-refractivity contribution in [1.82, 2.24) is 14.5 Å². The fraction of sp³-hybridized carbons (Fsp3) is 0.0476. The molecule has 0 spiro atoms. The molecule has 7 heteroatoms. The number of carbonyl (C=O) groups excluding carboxylic acids is 1. The lowest BCUT2D eigenvalue weighted by molar-refractivity contribution is 0.102. The molecule has 2 heterocycles. The molecule has 4 rings (SSSR count). The highest BCUT2D eigenvalue weighted by atomic mass is 19.1. The Balaban J connectivity index is 1.71. The average molecular weight is 374 g/mol. The molecule has 0 saturated carbocycles. The molecule has 28 heavy (non-hydrogen) atoms. The Labute approximate surface area is 159 Å². The van der Waals surface area contributed by atoms with E-state index in [4.69, 9.17) is 0 Å². The lowest BCUT2D eigenvalue weighted by Gasteiger charge is -2.12. The van der Waals surface area contributed by atoms with E-state index in [9.17, 15) is 14.0 Å². The Morgan fingerprint density at radius 1 is 1.07 bits per heavy atom. The van der Waals surface area contributed by atoms with E-state index in [0.717, 1.165) is 0 Å². The van der Waals surface area contributed by atoms with E-state index in [1.807, 2.05) is 0 Å². The molecule has 2 aromatic carbocycles. The average Bonchev–Trinajstić information content (AvgIpc) is 2.69. The van der Waals surface area contributed by atoms with Crippen molar-refractivity contribution < 1.29 is 9.18 Å². The van der Waals surface area contributed by atoms with Gasteiger partial charge in [0.2, 0.25) is 0 Å². The number of nitrogens with one attached hydrogen (secondary N) is 1. The SMILES string of the molecule is Cc1nc2ncccc2c(=O)n1-c1cccc(NC(=O)c2ccc(F)cc2)c1. The summed E-state index contributed by atoms with van der Waals surface area (Å²) in [5.74, 6) is -0.299. The summed E-state index contributed by atoms with van der Waals surface area (Å²) < 4.78 is 14.5. The van der Waals surface area contributed by atoms with Gasteiger partial charge < -0.3 is 5.32 Å². The van der Waals surface area contributed by atoms with Crippen molar-refractivity contribution in [2.75, 3.05) is 5.32 Å². The van der Waals surface area contributed by atoms with Gasteiger partial charge in [0.1, 0.15) is 11.6 Å². The first-order valence-corrected chi connectivity index (χ1v) is 8.55. The first-order valence-electron chi connectivity index (χ1n) is 8.55. The Morgan fingerprint density at radius 2 is 1.86 bits per heavy atom. The maximum absolute atomic E-state index is 13.0. The molecule has 0 fully saturated rings. The zero-order valence-electron chi connectivity index (χ0n) is 14.9. The highest BCUT2D eigenvalue weighted by Gasteiger charge is 2.12. The number of amides is 1. The number of rotatable bonds is 3. The highest BCUT2D eigenvalue weighted by Crippen LogP contribution is 2.17. The second-order valence-electron chi connectivity index (χ2n) is 6.19. The van der Waals surface area contributed by atoms with Crippen molar-refractivity contribution in [1.29, 1.82) is 0 Å². The number of aromatic nitrogens is 3. The quantitative estimate of drug-likeness (QED) is 0.596. The largest absolute Gasteiger partial charge is 0.322 e. The highest BCUT2D eigenvalue weighted by molar-refractivity contribution is 6.04. The molecule has 0 aliphatic rings. The molecule has 0 saturated heterocycles. The molecule has 138 valence electrons. The Morgan fingerprint density at radius 3 is 2.64 bits per heavy atom. The Kier molecular flexibility index (Phi) is 4.41. The minimum absolute atomic E-state index is 0.238. The van der Waals surface area contributed by atoms with Crippen molar-refractivity contribution in [3.05, 3.63) is 94.4 Å². The van der Waals surface area contributed by atoms with Gasteiger partial charge in [0.25, 0.3) is 11.5 Å². The predicted octanol–water partition coefficient (Wildman–Crippen LogP) is 3.48. The van der Waals surface area contributed by atoms with Crippen LogP contribution in [0.1, 0.15) is 16.2 Å². The van der Waals surface area contributed by atoms with Crippen LogP contribution in [0.25, 0.3) is 16.7 Å². The van der Waals surface area contributed by atoms with E-state index in [-0.39, 0.29) is 11.5 Å². The summed E-state index contributed by atoms with van der Waals surface area (Å²) >= 11 is 0. The van der Waals surface area contributed by atoms with Crippen molar-refractivity contribution in [2.45, 2.75) is 6.92 Å². The van der Waals surface area contributed by atoms with Gasteiger partial charge >= 0.3 is 0 Å². The molecule has 0 unspecified atom stereocenters. The number of anilines is 1. The minimum Gasteiger partial charge on any atom is -0.322 e. The van der Waals surface area contributed by atoms with Gasteiger partial charge in [0, 0.05) is 17.4 Å². The zero-order valence-corrected chi connectivity index (χ0v) is 14.9. The molecular weight excluding hydrogens is 359 g/mol. The molecule has 1 amide bonds. The second kappa shape index (κ2) is 7.03. The fourth-order valence-corrected chi connectivity index (χ4v) is 2.96. The van der Waals surface area contributed by atoms with Crippen LogP contribution in [0.5, 0.6) is 0 Å². The number of hydrogen-bond acceptors (Lipinski definition) is 4. The molecule has 6 nitrogen and oxygen atoms in total. The summed E-state index contributed by atoms with van der Waals surface area (Å²) in [4.78, 5) is 33.8. The normalized spacial score (nSPS) is 10.8. The van der Waals surface area contributed by atoms with Crippen LogP contribution in [-0.4, -0.2) is 20.4 Å².